The van der Waals surface area contributed by atoms with Crippen LogP contribution in [-0.4, -0.2) is 34.5 Å². The standard InChI is InChI=1S/C21H22ClN5O/c1-15-25-19(21(28)24-14-17-5-3-4-6-18(17)22)13-20(26-15)27(2)12-9-16-7-10-23-11-8-16/h3-8,10-11,13H,9,12,14H2,1-2H3,(H,24,28). The number of hydrogen-bond donors (Lipinski definition) is 1. The molecule has 1 amide bonds. The van der Waals surface area contributed by atoms with E-state index in [1.807, 2.05) is 42.3 Å². The summed E-state index contributed by atoms with van der Waals surface area (Å²) in [4.78, 5) is 27.4. The molecule has 3 aromatic rings. The summed E-state index contributed by atoms with van der Waals surface area (Å²) >= 11 is 6.14. The summed E-state index contributed by atoms with van der Waals surface area (Å²) in [6, 6.07) is 13.1. The van der Waals surface area contributed by atoms with Gasteiger partial charge < -0.3 is 10.2 Å². The van der Waals surface area contributed by atoms with E-state index in [2.05, 4.69) is 20.3 Å². The lowest BCUT2D eigenvalue weighted by molar-refractivity contribution is 0.0945. The van der Waals surface area contributed by atoms with Gasteiger partial charge in [0.1, 0.15) is 17.3 Å². The lowest BCUT2D eigenvalue weighted by Gasteiger charge is -2.19. The van der Waals surface area contributed by atoms with Crippen molar-refractivity contribution in [3.63, 3.8) is 0 Å². The number of likely N-dealkylation sites (N-methyl/N-ethyl adjacent to an activating group) is 1. The average molecular weight is 396 g/mol. The lowest BCUT2D eigenvalue weighted by Crippen LogP contribution is -2.26. The largest absolute Gasteiger partial charge is 0.359 e. The van der Waals surface area contributed by atoms with Crippen molar-refractivity contribution in [1.82, 2.24) is 20.3 Å². The zero-order valence-corrected chi connectivity index (χ0v) is 16.6. The van der Waals surface area contributed by atoms with Gasteiger partial charge in [0, 0.05) is 43.6 Å². The van der Waals surface area contributed by atoms with Crippen LogP contribution in [0.5, 0.6) is 0 Å². The van der Waals surface area contributed by atoms with Gasteiger partial charge in [0.2, 0.25) is 0 Å². The number of hydrogen-bond acceptors (Lipinski definition) is 5. The predicted molar refractivity (Wildman–Crippen MR) is 111 cm³/mol. The number of amides is 1. The van der Waals surface area contributed by atoms with Crippen molar-refractivity contribution in [3.05, 3.63) is 82.5 Å². The Labute approximate surface area is 169 Å². The van der Waals surface area contributed by atoms with Crippen LogP contribution in [0.1, 0.15) is 27.4 Å². The van der Waals surface area contributed by atoms with E-state index in [1.54, 1.807) is 31.5 Å². The van der Waals surface area contributed by atoms with Crippen LogP contribution in [-0.2, 0) is 13.0 Å². The minimum atomic E-state index is -0.255. The summed E-state index contributed by atoms with van der Waals surface area (Å²) in [5.41, 5.74) is 2.40. The van der Waals surface area contributed by atoms with E-state index in [4.69, 9.17) is 11.6 Å². The number of rotatable bonds is 7. The number of carbonyl (C=O) groups is 1. The van der Waals surface area contributed by atoms with E-state index in [9.17, 15) is 4.79 Å². The number of aromatic nitrogens is 3. The first-order chi connectivity index (χ1) is 13.5. The molecular formula is C21H22ClN5O. The molecule has 0 saturated heterocycles. The molecule has 0 fully saturated rings. The molecule has 2 aromatic heterocycles. The molecule has 144 valence electrons. The molecule has 7 heteroatoms. The second-order valence-corrected chi connectivity index (χ2v) is 6.87. The molecule has 0 aliphatic carbocycles. The first-order valence-electron chi connectivity index (χ1n) is 9.00. The van der Waals surface area contributed by atoms with Crippen LogP contribution in [0.15, 0.2) is 54.9 Å². The van der Waals surface area contributed by atoms with Gasteiger partial charge in [-0.1, -0.05) is 29.8 Å². The number of carbonyl (C=O) groups excluding carboxylic acids is 1. The van der Waals surface area contributed by atoms with E-state index in [0.29, 0.717) is 28.9 Å². The van der Waals surface area contributed by atoms with Crippen LogP contribution in [0.2, 0.25) is 5.02 Å². The molecule has 3 rings (SSSR count). The van der Waals surface area contributed by atoms with E-state index in [0.717, 1.165) is 18.5 Å². The highest BCUT2D eigenvalue weighted by molar-refractivity contribution is 6.31. The third-order valence-electron chi connectivity index (χ3n) is 4.33. The molecule has 0 radical (unpaired) electrons. The van der Waals surface area contributed by atoms with Crippen LogP contribution in [0.25, 0.3) is 0 Å². The highest BCUT2D eigenvalue weighted by Gasteiger charge is 2.13. The van der Waals surface area contributed by atoms with Crippen LogP contribution in [0.3, 0.4) is 0 Å². The summed E-state index contributed by atoms with van der Waals surface area (Å²) in [7, 11) is 1.95. The van der Waals surface area contributed by atoms with Gasteiger partial charge in [-0.2, -0.15) is 0 Å². The Balaban J connectivity index is 1.66. The monoisotopic (exact) mass is 395 g/mol. The molecule has 0 aliphatic rings. The summed E-state index contributed by atoms with van der Waals surface area (Å²) < 4.78 is 0. The quantitative estimate of drug-likeness (QED) is 0.663. The van der Waals surface area contributed by atoms with Crippen molar-refractivity contribution in [1.29, 1.82) is 0 Å². The van der Waals surface area contributed by atoms with Crippen molar-refractivity contribution >= 4 is 23.3 Å². The number of nitrogens with zero attached hydrogens (tertiary/aromatic N) is 4. The summed E-state index contributed by atoms with van der Waals surface area (Å²) in [5, 5.41) is 3.49. The molecule has 0 saturated carbocycles. The number of nitrogens with one attached hydrogen (secondary N) is 1. The first kappa shape index (κ1) is 19.8. The number of halogens is 1. The van der Waals surface area contributed by atoms with Gasteiger partial charge in [0.15, 0.2) is 0 Å². The van der Waals surface area contributed by atoms with Crippen molar-refractivity contribution in [2.24, 2.45) is 0 Å². The second-order valence-electron chi connectivity index (χ2n) is 6.46. The molecule has 0 bridgehead atoms. The summed E-state index contributed by atoms with van der Waals surface area (Å²) in [6.45, 7) is 2.89. The molecule has 28 heavy (non-hydrogen) atoms. The highest BCUT2D eigenvalue weighted by Crippen LogP contribution is 2.15. The van der Waals surface area contributed by atoms with E-state index in [1.165, 1.54) is 5.56 Å². The minimum Gasteiger partial charge on any atom is -0.359 e. The topological polar surface area (TPSA) is 71.0 Å². The molecule has 2 heterocycles. The Hall–Kier alpha value is -2.99. The third kappa shape index (κ3) is 5.27. The molecule has 0 atom stereocenters. The fourth-order valence-corrected chi connectivity index (χ4v) is 2.93. The van der Waals surface area contributed by atoms with E-state index in [-0.39, 0.29) is 5.91 Å². The van der Waals surface area contributed by atoms with Gasteiger partial charge in [0.25, 0.3) is 5.91 Å². The van der Waals surface area contributed by atoms with E-state index < -0.39 is 0 Å². The summed E-state index contributed by atoms with van der Waals surface area (Å²) in [5.74, 6) is 1.01. The van der Waals surface area contributed by atoms with Gasteiger partial charge >= 0.3 is 0 Å². The smallest absolute Gasteiger partial charge is 0.270 e. The molecule has 1 N–H and O–H groups in total. The maximum atomic E-state index is 12.6. The van der Waals surface area contributed by atoms with Crippen molar-refractivity contribution in [2.45, 2.75) is 19.9 Å². The lowest BCUT2D eigenvalue weighted by atomic mass is 10.2. The SMILES string of the molecule is Cc1nc(C(=O)NCc2ccccc2Cl)cc(N(C)CCc2ccncc2)n1. The molecule has 0 aliphatic heterocycles. The van der Waals surface area contributed by atoms with Crippen molar-refractivity contribution < 1.29 is 4.79 Å². The number of anilines is 1. The predicted octanol–water partition coefficient (Wildman–Crippen LogP) is 3.44. The third-order valence-corrected chi connectivity index (χ3v) is 4.70. The van der Waals surface area contributed by atoms with Crippen LogP contribution < -0.4 is 10.2 Å². The molecule has 1 aromatic carbocycles. The Bertz CT molecular complexity index is 949. The fourth-order valence-electron chi connectivity index (χ4n) is 2.73. The fraction of sp³-hybridized carbons (Fsp3) is 0.238. The second kappa shape index (κ2) is 9.28. The summed E-state index contributed by atoms with van der Waals surface area (Å²) in [6.07, 6.45) is 4.42. The molecule has 0 spiro atoms. The van der Waals surface area contributed by atoms with Crippen molar-refractivity contribution in [2.75, 3.05) is 18.5 Å². The molecular weight excluding hydrogens is 374 g/mol. The number of aryl methyl sites for hydroxylation is 1. The van der Waals surface area contributed by atoms with E-state index >= 15 is 0 Å². The average Bonchev–Trinajstić information content (AvgIpc) is 2.71. The number of benzene rings is 1. The van der Waals surface area contributed by atoms with Crippen LogP contribution >= 0.6 is 11.6 Å². The van der Waals surface area contributed by atoms with Gasteiger partial charge in [-0.25, -0.2) is 9.97 Å². The zero-order valence-electron chi connectivity index (χ0n) is 15.9. The Morgan fingerprint density at radius 1 is 1.14 bits per heavy atom. The maximum Gasteiger partial charge on any atom is 0.270 e. The minimum absolute atomic E-state index is 0.255. The van der Waals surface area contributed by atoms with Gasteiger partial charge in [0.05, 0.1) is 0 Å². The Kier molecular flexibility index (Phi) is 6.55. The zero-order chi connectivity index (χ0) is 19.9. The Morgan fingerprint density at radius 3 is 2.64 bits per heavy atom. The molecule has 0 unspecified atom stereocenters. The normalized spacial score (nSPS) is 10.5. The first-order valence-corrected chi connectivity index (χ1v) is 9.38. The number of pyridine rings is 1. The van der Waals surface area contributed by atoms with Crippen LogP contribution in [0, 0.1) is 6.92 Å². The molecule has 6 nitrogen and oxygen atoms in total. The van der Waals surface area contributed by atoms with Gasteiger partial charge in [-0.15, -0.1) is 0 Å². The Morgan fingerprint density at radius 2 is 1.89 bits per heavy atom. The van der Waals surface area contributed by atoms with Crippen LogP contribution in [0.4, 0.5) is 5.82 Å². The van der Waals surface area contributed by atoms with Crippen molar-refractivity contribution in [3.8, 4) is 0 Å². The van der Waals surface area contributed by atoms with Gasteiger partial charge in [-0.05, 0) is 42.7 Å². The van der Waals surface area contributed by atoms with Gasteiger partial charge in [-0.3, -0.25) is 9.78 Å². The maximum absolute atomic E-state index is 12.6. The highest BCUT2D eigenvalue weighted by atomic mass is 35.5.